The summed E-state index contributed by atoms with van der Waals surface area (Å²) in [6.07, 6.45) is 0. The fraction of sp³-hybridized carbons (Fsp3) is 0. The SMILES string of the molecule is c1ccc(-c2nc(-c3ccc(-c4cccc5c4oc4ccccc45)c4c3oc3ccccc34)nc(-c3cccc4oc5ccccc5c34)n2)cc1. The van der Waals surface area contributed by atoms with Gasteiger partial charge in [0.15, 0.2) is 17.5 Å². The summed E-state index contributed by atoms with van der Waals surface area (Å²) < 4.78 is 19.5. The first-order chi connectivity index (χ1) is 25.3. The first-order valence-electron chi connectivity index (χ1n) is 16.9. The Bertz CT molecular complexity index is 3150. The number of fused-ring (bicyclic) bond motifs is 9. The van der Waals surface area contributed by atoms with Crippen molar-refractivity contribution in [3.63, 3.8) is 0 Å². The van der Waals surface area contributed by atoms with E-state index in [1.54, 1.807) is 0 Å². The average Bonchev–Trinajstić information content (AvgIpc) is 3.89. The molecular formula is C45H25N3O3. The van der Waals surface area contributed by atoms with Crippen LogP contribution in [0.5, 0.6) is 0 Å². The maximum atomic E-state index is 6.73. The molecule has 11 rings (SSSR count). The first kappa shape index (κ1) is 27.9. The van der Waals surface area contributed by atoms with Crippen LogP contribution in [0.1, 0.15) is 0 Å². The molecule has 0 saturated heterocycles. The molecule has 0 aliphatic heterocycles. The molecule has 4 aromatic heterocycles. The third kappa shape index (κ3) is 4.20. The van der Waals surface area contributed by atoms with E-state index in [1.807, 2.05) is 103 Å². The lowest BCUT2D eigenvalue weighted by Gasteiger charge is -2.11. The summed E-state index contributed by atoms with van der Waals surface area (Å²) in [5.74, 6) is 1.64. The molecule has 238 valence electrons. The molecule has 7 aromatic carbocycles. The third-order valence-electron chi connectivity index (χ3n) is 9.77. The van der Waals surface area contributed by atoms with Gasteiger partial charge in [-0.1, -0.05) is 121 Å². The number of rotatable bonds is 4. The van der Waals surface area contributed by atoms with E-state index in [9.17, 15) is 0 Å². The van der Waals surface area contributed by atoms with Gasteiger partial charge in [0.05, 0.1) is 5.56 Å². The molecule has 0 amide bonds. The fourth-order valence-corrected chi connectivity index (χ4v) is 7.48. The molecule has 4 heterocycles. The lowest BCUT2D eigenvalue weighted by Crippen LogP contribution is -2.00. The van der Waals surface area contributed by atoms with E-state index in [2.05, 4.69) is 48.5 Å². The molecule has 0 radical (unpaired) electrons. The van der Waals surface area contributed by atoms with Crippen LogP contribution in [0.3, 0.4) is 0 Å². The summed E-state index contributed by atoms with van der Waals surface area (Å²) in [5, 5.41) is 6.11. The maximum absolute atomic E-state index is 6.73. The maximum Gasteiger partial charge on any atom is 0.167 e. The molecule has 0 fully saturated rings. The van der Waals surface area contributed by atoms with Crippen LogP contribution in [0.2, 0.25) is 0 Å². The van der Waals surface area contributed by atoms with E-state index in [0.717, 1.165) is 88.0 Å². The van der Waals surface area contributed by atoms with Crippen molar-refractivity contribution in [3.05, 3.63) is 152 Å². The molecule has 0 unspecified atom stereocenters. The summed E-state index contributed by atoms with van der Waals surface area (Å²) in [4.78, 5) is 15.4. The summed E-state index contributed by atoms with van der Waals surface area (Å²) in [5.41, 5.74) is 9.30. The molecule has 0 saturated carbocycles. The predicted octanol–water partition coefficient (Wildman–Crippen LogP) is 12.2. The van der Waals surface area contributed by atoms with Gasteiger partial charge in [0.2, 0.25) is 0 Å². The summed E-state index contributed by atoms with van der Waals surface area (Å²) in [7, 11) is 0. The van der Waals surface area contributed by atoms with Gasteiger partial charge < -0.3 is 13.3 Å². The zero-order valence-electron chi connectivity index (χ0n) is 27.0. The third-order valence-corrected chi connectivity index (χ3v) is 9.77. The van der Waals surface area contributed by atoms with Gasteiger partial charge >= 0.3 is 0 Å². The van der Waals surface area contributed by atoms with Crippen LogP contribution >= 0.6 is 0 Å². The van der Waals surface area contributed by atoms with Gasteiger partial charge in [-0.25, -0.2) is 15.0 Å². The highest BCUT2D eigenvalue weighted by molar-refractivity contribution is 6.19. The number of para-hydroxylation sites is 4. The lowest BCUT2D eigenvalue weighted by atomic mass is 9.95. The second-order valence-corrected chi connectivity index (χ2v) is 12.7. The van der Waals surface area contributed by atoms with Crippen molar-refractivity contribution < 1.29 is 13.3 Å². The van der Waals surface area contributed by atoms with Crippen molar-refractivity contribution >= 4 is 65.8 Å². The van der Waals surface area contributed by atoms with E-state index in [4.69, 9.17) is 28.2 Å². The van der Waals surface area contributed by atoms with Gasteiger partial charge in [-0.3, -0.25) is 0 Å². The Morgan fingerprint density at radius 1 is 0.294 bits per heavy atom. The van der Waals surface area contributed by atoms with Crippen LogP contribution < -0.4 is 0 Å². The molecule has 0 bridgehead atoms. The number of furan rings is 3. The van der Waals surface area contributed by atoms with E-state index in [-0.39, 0.29) is 0 Å². The highest BCUT2D eigenvalue weighted by Gasteiger charge is 2.23. The molecule has 0 atom stereocenters. The molecule has 0 aliphatic rings. The number of aromatic nitrogens is 3. The van der Waals surface area contributed by atoms with Gasteiger partial charge in [-0.15, -0.1) is 0 Å². The number of benzene rings is 7. The van der Waals surface area contributed by atoms with Gasteiger partial charge in [0, 0.05) is 49.0 Å². The summed E-state index contributed by atoms with van der Waals surface area (Å²) >= 11 is 0. The Labute approximate surface area is 290 Å². The Hall–Kier alpha value is -7.05. The van der Waals surface area contributed by atoms with E-state index < -0.39 is 0 Å². The Morgan fingerprint density at radius 2 is 0.824 bits per heavy atom. The van der Waals surface area contributed by atoms with E-state index in [1.165, 1.54) is 0 Å². The first-order valence-corrected chi connectivity index (χ1v) is 16.9. The molecule has 0 N–H and O–H groups in total. The van der Waals surface area contributed by atoms with Gasteiger partial charge in [-0.05, 0) is 35.9 Å². The minimum absolute atomic E-state index is 0.515. The van der Waals surface area contributed by atoms with E-state index >= 15 is 0 Å². The largest absolute Gasteiger partial charge is 0.456 e. The summed E-state index contributed by atoms with van der Waals surface area (Å²) in [6, 6.07) is 50.9. The van der Waals surface area contributed by atoms with Crippen molar-refractivity contribution in [1.82, 2.24) is 15.0 Å². The van der Waals surface area contributed by atoms with Crippen molar-refractivity contribution in [1.29, 1.82) is 0 Å². The van der Waals surface area contributed by atoms with Crippen molar-refractivity contribution in [2.45, 2.75) is 0 Å². The normalized spacial score (nSPS) is 11.9. The van der Waals surface area contributed by atoms with Crippen LogP contribution in [0.15, 0.2) is 165 Å². The minimum atomic E-state index is 0.515. The zero-order chi connectivity index (χ0) is 33.5. The number of nitrogens with zero attached hydrogens (tertiary/aromatic N) is 3. The highest BCUT2D eigenvalue weighted by Crippen LogP contribution is 2.45. The predicted molar refractivity (Wildman–Crippen MR) is 203 cm³/mol. The van der Waals surface area contributed by atoms with Gasteiger partial charge in [0.25, 0.3) is 0 Å². The quantitative estimate of drug-likeness (QED) is 0.188. The standard InChI is InChI=1S/C45H25N3O3/c1-2-12-26(13-3-1)43-46-44(33-19-11-23-38-39(33)31-15-5-8-21-36(31)49-38)48-45(47-43)34-25-24-28(40-32-16-6-9-22-37(32)51-42(34)40)30-18-10-17-29-27-14-4-7-20-35(27)50-41(29)30/h1-25H. The van der Waals surface area contributed by atoms with Gasteiger partial charge in [0.1, 0.15) is 33.5 Å². The monoisotopic (exact) mass is 655 g/mol. The molecule has 0 spiro atoms. The highest BCUT2D eigenvalue weighted by atomic mass is 16.3. The zero-order valence-corrected chi connectivity index (χ0v) is 27.0. The lowest BCUT2D eigenvalue weighted by molar-refractivity contribution is 0.668. The molecule has 51 heavy (non-hydrogen) atoms. The molecule has 0 aliphatic carbocycles. The number of hydrogen-bond donors (Lipinski definition) is 0. The molecule has 6 nitrogen and oxygen atoms in total. The van der Waals surface area contributed by atoms with Crippen molar-refractivity contribution in [3.8, 4) is 45.3 Å². The van der Waals surface area contributed by atoms with E-state index in [0.29, 0.717) is 23.1 Å². The Balaban J connectivity index is 1.20. The van der Waals surface area contributed by atoms with Crippen molar-refractivity contribution in [2.75, 3.05) is 0 Å². The average molecular weight is 656 g/mol. The van der Waals surface area contributed by atoms with Crippen molar-refractivity contribution in [2.24, 2.45) is 0 Å². The smallest absolute Gasteiger partial charge is 0.167 e. The number of hydrogen-bond acceptors (Lipinski definition) is 6. The second-order valence-electron chi connectivity index (χ2n) is 12.7. The Kier molecular flexibility index (Phi) is 5.86. The molecule has 11 aromatic rings. The topological polar surface area (TPSA) is 78.1 Å². The van der Waals surface area contributed by atoms with Crippen LogP contribution in [0, 0.1) is 0 Å². The van der Waals surface area contributed by atoms with Crippen LogP contribution in [0.4, 0.5) is 0 Å². The second kappa shape index (κ2) is 10.7. The molecular weight excluding hydrogens is 631 g/mol. The fourth-order valence-electron chi connectivity index (χ4n) is 7.48. The van der Waals surface area contributed by atoms with Crippen LogP contribution in [0.25, 0.3) is 111 Å². The van der Waals surface area contributed by atoms with Crippen LogP contribution in [-0.2, 0) is 0 Å². The van der Waals surface area contributed by atoms with Gasteiger partial charge in [-0.2, -0.15) is 0 Å². The minimum Gasteiger partial charge on any atom is -0.456 e. The summed E-state index contributed by atoms with van der Waals surface area (Å²) in [6.45, 7) is 0. The molecule has 6 heteroatoms. The Morgan fingerprint density at radius 3 is 1.63 bits per heavy atom. The van der Waals surface area contributed by atoms with Crippen LogP contribution in [-0.4, -0.2) is 15.0 Å².